The smallest absolute Gasteiger partial charge is 0.279 e. The first-order valence-electron chi connectivity index (χ1n) is 7.98. The van der Waals surface area contributed by atoms with Gasteiger partial charge in [0.1, 0.15) is 12.3 Å². The molecule has 0 saturated carbocycles. The van der Waals surface area contributed by atoms with E-state index in [0.717, 1.165) is 21.8 Å². The zero-order valence-corrected chi connectivity index (χ0v) is 15.6. The van der Waals surface area contributed by atoms with E-state index in [1.165, 1.54) is 18.2 Å². The number of amides is 1. The Labute approximate surface area is 156 Å². The molecular formula is C18H21ClN3O4+. The number of likely N-dealkylation sites (N-methyl/N-ethyl adjacent to an activating group) is 1. The highest BCUT2D eigenvalue weighted by Gasteiger charge is 2.16. The number of ether oxygens (including phenoxy) is 1. The summed E-state index contributed by atoms with van der Waals surface area (Å²) in [6, 6.07) is 9.86. The van der Waals surface area contributed by atoms with E-state index >= 15 is 0 Å². The molecule has 0 radical (unpaired) electrons. The van der Waals surface area contributed by atoms with Crippen LogP contribution in [0.2, 0.25) is 5.02 Å². The average molecular weight is 379 g/mol. The third-order valence-electron chi connectivity index (χ3n) is 3.83. The number of nitrogens with zero attached hydrogens (tertiary/aromatic N) is 1. The summed E-state index contributed by atoms with van der Waals surface area (Å²) in [6.45, 7) is 2.83. The van der Waals surface area contributed by atoms with Gasteiger partial charge in [-0.3, -0.25) is 14.9 Å². The van der Waals surface area contributed by atoms with Gasteiger partial charge in [0.05, 0.1) is 29.8 Å². The van der Waals surface area contributed by atoms with Crippen LogP contribution in [0.1, 0.15) is 11.1 Å². The van der Waals surface area contributed by atoms with Crippen LogP contribution < -0.4 is 15.0 Å². The molecule has 0 aromatic heterocycles. The minimum atomic E-state index is -0.537. The van der Waals surface area contributed by atoms with Crippen LogP contribution >= 0.6 is 11.6 Å². The summed E-state index contributed by atoms with van der Waals surface area (Å²) in [7, 11) is 3.52. The molecule has 7 nitrogen and oxygen atoms in total. The van der Waals surface area contributed by atoms with E-state index in [2.05, 4.69) is 5.32 Å². The van der Waals surface area contributed by atoms with E-state index in [4.69, 9.17) is 16.3 Å². The number of aryl methyl sites for hydroxylation is 1. The highest BCUT2D eigenvalue weighted by molar-refractivity contribution is 6.33. The molecule has 0 saturated heterocycles. The fraction of sp³-hybridized carbons (Fsp3) is 0.278. The Kier molecular flexibility index (Phi) is 6.54. The molecule has 2 aromatic rings. The molecule has 1 unspecified atom stereocenters. The van der Waals surface area contributed by atoms with E-state index in [9.17, 15) is 14.9 Å². The van der Waals surface area contributed by atoms with Gasteiger partial charge >= 0.3 is 0 Å². The van der Waals surface area contributed by atoms with Gasteiger partial charge < -0.3 is 15.0 Å². The number of halogens is 1. The third-order valence-corrected chi connectivity index (χ3v) is 4.14. The molecule has 8 heteroatoms. The Bertz CT molecular complexity index is 826. The van der Waals surface area contributed by atoms with Crippen molar-refractivity contribution in [1.29, 1.82) is 0 Å². The van der Waals surface area contributed by atoms with Gasteiger partial charge in [0, 0.05) is 17.7 Å². The van der Waals surface area contributed by atoms with Crippen molar-refractivity contribution in [2.24, 2.45) is 0 Å². The summed E-state index contributed by atoms with van der Waals surface area (Å²) in [6.07, 6.45) is 0. The van der Waals surface area contributed by atoms with Crippen LogP contribution in [0.25, 0.3) is 0 Å². The largest absolute Gasteiger partial charge is 0.496 e. The van der Waals surface area contributed by atoms with Crippen molar-refractivity contribution < 1.29 is 19.4 Å². The molecule has 0 aliphatic carbocycles. The maximum absolute atomic E-state index is 12.2. The number of quaternary nitrogens is 1. The van der Waals surface area contributed by atoms with Crippen LogP contribution in [-0.4, -0.2) is 31.5 Å². The Balaban J connectivity index is 1.99. The monoisotopic (exact) mass is 378 g/mol. The van der Waals surface area contributed by atoms with Gasteiger partial charge in [0.15, 0.2) is 6.54 Å². The van der Waals surface area contributed by atoms with E-state index in [0.29, 0.717) is 12.2 Å². The molecular weight excluding hydrogens is 358 g/mol. The van der Waals surface area contributed by atoms with Crippen LogP contribution in [-0.2, 0) is 11.3 Å². The summed E-state index contributed by atoms with van der Waals surface area (Å²) in [5.41, 5.74) is 2.37. The summed E-state index contributed by atoms with van der Waals surface area (Å²) in [5, 5.41) is 13.5. The Morgan fingerprint density at radius 1 is 1.31 bits per heavy atom. The lowest BCUT2D eigenvalue weighted by molar-refractivity contribution is -0.885. The number of hydrogen-bond donors (Lipinski definition) is 2. The van der Waals surface area contributed by atoms with Crippen molar-refractivity contribution >= 4 is 28.9 Å². The van der Waals surface area contributed by atoms with Crippen LogP contribution in [0.3, 0.4) is 0 Å². The van der Waals surface area contributed by atoms with Gasteiger partial charge in [-0.2, -0.15) is 0 Å². The fourth-order valence-electron chi connectivity index (χ4n) is 2.62. The van der Waals surface area contributed by atoms with E-state index in [-0.39, 0.29) is 23.2 Å². The molecule has 0 heterocycles. The summed E-state index contributed by atoms with van der Waals surface area (Å²) in [5.74, 6) is 0.554. The average Bonchev–Trinajstić information content (AvgIpc) is 2.56. The van der Waals surface area contributed by atoms with Crippen molar-refractivity contribution in [3.8, 4) is 5.75 Å². The van der Waals surface area contributed by atoms with Crippen molar-refractivity contribution in [1.82, 2.24) is 0 Å². The highest BCUT2D eigenvalue weighted by Crippen LogP contribution is 2.26. The van der Waals surface area contributed by atoms with Crippen LogP contribution in [0.15, 0.2) is 36.4 Å². The first kappa shape index (κ1) is 19.7. The van der Waals surface area contributed by atoms with Gasteiger partial charge in [-0.05, 0) is 25.1 Å². The quantitative estimate of drug-likeness (QED) is 0.571. The van der Waals surface area contributed by atoms with Gasteiger partial charge in [0.25, 0.3) is 11.6 Å². The number of nitrogens with one attached hydrogen (secondary N) is 2. The molecule has 1 amide bonds. The molecule has 1 atom stereocenters. The number of non-ortho nitro benzene ring substituents is 1. The van der Waals surface area contributed by atoms with Crippen LogP contribution in [0.4, 0.5) is 11.4 Å². The second kappa shape index (κ2) is 8.64. The van der Waals surface area contributed by atoms with E-state index < -0.39 is 4.92 Å². The van der Waals surface area contributed by atoms with Gasteiger partial charge in [0.2, 0.25) is 0 Å². The fourth-order valence-corrected chi connectivity index (χ4v) is 2.84. The predicted molar refractivity (Wildman–Crippen MR) is 99.9 cm³/mol. The lowest BCUT2D eigenvalue weighted by Crippen LogP contribution is -3.08. The Hall–Kier alpha value is -2.64. The maximum Gasteiger partial charge on any atom is 0.279 e. The first-order valence-corrected chi connectivity index (χ1v) is 8.36. The second-order valence-electron chi connectivity index (χ2n) is 6.10. The molecule has 0 bridgehead atoms. The highest BCUT2D eigenvalue weighted by atomic mass is 35.5. The molecule has 0 fully saturated rings. The minimum absolute atomic E-state index is 0.123. The molecule has 0 aliphatic rings. The van der Waals surface area contributed by atoms with Crippen molar-refractivity contribution in [2.75, 3.05) is 26.0 Å². The van der Waals surface area contributed by atoms with Crippen molar-refractivity contribution in [3.63, 3.8) is 0 Å². The SMILES string of the molecule is COc1ccc(C)cc1C[NH+](C)CC(=O)Nc1ccc([N+](=O)[O-])cc1Cl. The molecule has 26 heavy (non-hydrogen) atoms. The number of nitro benzene ring substituents is 1. The number of anilines is 1. The van der Waals surface area contributed by atoms with Crippen LogP contribution in [0, 0.1) is 17.0 Å². The number of benzene rings is 2. The normalized spacial score (nSPS) is 11.7. The maximum atomic E-state index is 12.2. The van der Waals surface area contributed by atoms with Gasteiger partial charge in [-0.15, -0.1) is 0 Å². The molecule has 2 N–H and O–H groups in total. The third kappa shape index (κ3) is 5.18. The number of carbonyl (C=O) groups is 1. The summed E-state index contributed by atoms with van der Waals surface area (Å²) in [4.78, 5) is 23.4. The lowest BCUT2D eigenvalue weighted by atomic mass is 10.1. The minimum Gasteiger partial charge on any atom is -0.496 e. The molecule has 2 aromatic carbocycles. The summed E-state index contributed by atoms with van der Waals surface area (Å²) >= 11 is 6.00. The zero-order chi connectivity index (χ0) is 19.3. The van der Waals surface area contributed by atoms with Crippen molar-refractivity contribution in [2.45, 2.75) is 13.5 Å². The number of rotatable bonds is 7. The van der Waals surface area contributed by atoms with Crippen LogP contribution in [0.5, 0.6) is 5.75 Å². The molecule has 2 rings (SSSR count). The van der Waals surface area contributed by atoms with Crippen molar-refractivity contribution in [3.05, 3.63) is 62.7 Å². The number of methoxy groups -OCH3 is 1. The van der Waals surface area contributed by atoms with E-state index in [1.807, 2.05) is 32.2 Å². The lowest BCUT2D eigenvalue weighted by Gasteiger charge is -2.16. The first-order chi connectivity index (χ1) is 12.3. The van der Waals surface area contributed by atoms with E-state index in [1.54, 1.807) is 7.11 Å². The second-order valence-corrected chi connectivity index (χ2v) is 6.50. The molecule has 0 aliphatic heterocycles. The molecule has 138 valence electrons. The van der Waals surface area contributed by atoms with Gasteiger partial charge in [-0.25, -0.2) is 0 Å². The predicted octanol–water partition coefficient (Wildman–Crippen LogP) is 2.22. The number of hydrogen-bond acceptors (Lipinski definition) is 4. The molecule has 0 spiro atoms. The standard InChI is InChI=1S/C18H20ClN3O4/c1-12-4-7-17(26-3)13(8-12)10-21(2)11-18(23)20-16-6-5-14(22(24)25)9-15(16)19/h4-9H,10-11H2,1-3H3,(H,20,23)/p+1. The number of nitro groups is 1. The topological polar surface area (TPSA) is 85.9 Å². The Morgan fingerprint density at radius 2 is 2.04 bits per heavy atom. The van der Waals surface area contributed by atoms with Gasteiger partial charge in [-0.1, -0.05) is 23.2 Å². The number of carbonyl (C=O) groups excluding carboxylic acids is 1. The summed E-state index contributed by atoms with van der Waals surface area (Å²) < 4.78 is 5.36. The Morgan fingerprint density at radius 3 is 2.65 bits per heavy atom. The zero-order valence-electron chi connectivity index (χ0n) is 14.8.